The molecule has 0 radical (unpaired) electrons. The van der Waals surface area contributed by atoms with Crippen molar-refractivity contribution in [3.05, 3.63) is 0 Å². The summed E-state index contributed by atoms with van der Waals surface area (Å²) in [6, 6.07) is 0. The summed E-state index contributed by atoms with van der Waals surface area (Å²) in [7, 11) is 0. The molecule has 2 aliphatic heterocycles. The lowest BCUT2D eigenvalue weighted by Gasteiger charge is -2.32. The molecule has 1 N–H and O–H groups in total. The summed E-state index contributed by atoms with van der Waals surface area (Å²) in [5.74, 6) is 1.39. The van der Waals surface area contributed by atoms with Crippen LogP contribution in [0.3, 0.4) is 0 Å². The minimum Gasteiger partial charge on any atom is -0.315 e. The van der Waals surface area contributed by atoms with Gasteiger partial charge in [0.05, 0.1) is 0 Å². The molecular weight excluding hydrogens is 216 g/mol. The number of hydrogen-bond acceptors (Lipinski definition) is 3. The van der Waals surface area contributed by atoms with Gasteiger partial charge in [0.25, 0.3) is 0 Å². The highest BCUT2D eigenvalue weighted by Crippen LogP contribution is 2.27. The van der Waals surface area contributed by atoms with Gasteiger partial charge in [0.1, 0.15) is 0 Å². The molecule has 0 aromatic heterocycles. The molecule has 2 fully saturated rings. The van der Waals surface area contributed by atoms with E-state index in [2.05, 4.69) is 35.8 Å². The van der Waals surface area contributed by atoms with Crippen LogP contribution < -0.4 is 5.32 Å². The number of rotatable bonds is 2. The molecule has 0 aliphatic carbocycles. The van der Waals surface area contributed by atoms with E-state index in [1.165, 1.54) is 57.7 Å². The summed E-state index contributed by atoms with van der Waals surface area (Å²) in [5, 5.41) is 4.46. The zero-order valence-corrected chi connectivity index (χ0v) is 11.6. The van der Waals surface area contributed by atoms with E-state index < -0.39 is 0 Å². The van der Waals surface area contributed by atoms with E-state index in [0.29, 0.717) is 5.41 Å². The van der Waals surface area contributed by atoms with Crippen molar-refractivity contribution >= 4 is 11.8 Å². The van der Waals surface area contributed by atoms with Crippen LogP contribution in [0.5, 0.6) is 0 Å². The second-order valence-electron chi connectivity index (χ2n) is 6.06. The summed E-state index contributed by atoms with van der Waals surface area (Å²) < 4.78 is 0. The van der Waals surface area contributed by atoms with Crippen molar-refractivity contribution in [2.75, 3.05) is 38.5 Å². The minimum absolute atomic E-state index is 0.440. The molecule has 0 saturated carbocycles. The summed E-state index contributed by atoms with van der Waals surface area (Å²) in [4.78, 5) is 2.68. The Morgan fingerprint density at radius 3 is 3.00 bits per heavy atom. The number of nitrogens with zero attached hydrogens (tertiary/aromatic N) is 1. The maximum Gasteiger partial charge on any atom is 0.0175 e. The van der Waals surface area contributed by atoms with E-state index in [-0.39, 0.29) is 0 Å². The molecule has 16 heavy (non-hydrogen) atoms. The molecule has 2 aliphatic rings. The molecular formula is C13H26N2S. The van der Waals surface area contributed by atoms with Crippen molar-refractivity contribution < 1.29 is 0 Å². The number of nitrogens with one attached hydrogen (secondary N) is 1. The zero-order valence-electron chi connectivity index (χ0n) is 10.8. The lowest BCUT2D eigenvalue weighted by Crippen LogP contribution is -2.39. The van der Waals surface area contributed by atoms with Crippen molar-refractivity contribution in [2.45, 2.75) is 38.4 Å². The quantitative estimate of drug-likeness (QED) is 0.799. The molecule has 2 heterocycles. The molecule has 1 atom stereocenters. The van der Waals surface area contributed by atoms with Crippen molar-refractivity contribution in [1.82, 2.24) is 10.2 Å². The van der Waals surface area contributed by atoms with Crippen LogP contribution in [0.4, 0.5) is 0 Å². The Labute approximate surface area is 105 Å². The van der Waals surface area contributed by atoms with E-state index in [4.69, 9.17) is 0 Å². The van der Waals surface area contributed by atoms with Gasteiger partial charge >= 0.3 is 0 Å². The van der Waals surface area contributed by atoms with Gasteiger partial charge < -0.3 is 10.2 Å². The smallest absolute Gasteiger partial charge is 0.0175 e. The molecule has 0 aromatic carbocycles. The largest absolute Gasteiger partial charge is 0.315 e. The van der Waals surface area contributed by atoms with Crippen molar-refractivity contribution in [3.63, 3.8) is 0 Å². The second-order valence-corrected chi connectivity index (χ2v) is 7.47. The fourth-order valence-corrected chi connectivity index (χ4v) is 4.15. The molecule has 0 spiro atoms. The van der Waals surface area contributed by atoms with Crippen LogP contribution in [-0.4, -0.2) is 48.6 Å². The van der Waals surface area contributed by atoms with Gasteiger partial charge in [-0.05, 0) is 24.0 Å². The monoisotopic (exact) mass is 242 g/mol. The predicted octanol–water partition coefficient (Wildman–Crippen LogP) is 2.20. The molecule has 94 valence electrons. The standard InChI is InChI=1S/C13H26N2S/c1-13(2)10-14-6-7-15(11-13)9-12-5-3-4-8-16-12/h12,14H,3-11H2,1-2H3. The fourth-order valence-electron chi connectivity index (χ4n) is 2.80. The highest BCUT2D eigenvalue weighted by atomic mass is 32.2. The third-order valence-corrected chi connectivity index (χ3v) is 4.98. The third-order valence-electron chi connectivity index (χ3n) is 3.60. The first-order valence-electron chi connectivity index (χ1n) is 6.70. The van der Waals surface area contributed by atoms with E-state index in [9.17, 15) is 0 Å². The molecule has 2 saturated heterocycles. The van der Waals surface area contributed by atoms with E-state index in [1.54, 1.807) is 0 Å². The van der Waals surface area contributed by atoms with Crippen LogP contribution in [0.25, 0.3) is 0 Å². The van der Waals surface area contributed by atoms with E-state index in [1.807, 2.05) is 0 Å². The zero-order chi connectivity index (χ0) is 11.4. The van der Waals surface area contributed by atoms with E-state index >= 15 is 0 Å². The highest BCUT2D eigenvalue weighted by molar-refractivity contribution is 7.99. The third kappa shape index (κ3) is 3.94. The topological polar surface area (TPSA) is 15.3 Å². The minimum atomic E-state index is 0.440. The van der Waals surface area contributed by atoms with Gasteiger partial charge in [-0.25, -0.2) is 0 Å². The van der Waals surface area contributed by atoms with Gasteiger partial charge in [-0.2, -0.15) is 11.8 Å². The van der Waals surface area contributed by atoms with Crippen LogP contribution in [0, 0.1) is 5.41 Å². The Kier molecular flexibility index (Phi) is 4.57. The van der Waals surface area contributed by atoms with Crippen LogP contribution >= 0.6 is 11.8 Å². The Morgan fingerprint density at radius 1 is 1.38 bits per heavy atom. The fraction of sp³-hybridized carbons (Fsp3) is 1.00. The number of hydrogen-bond donors (Lipinski definition) is 1. The van der Waals surface area contributed by atoms with Gasteiger partial charge in [-0.3, -0.25) is 0 Å². The first kappa shape index (κ1) is 12.7. The van der Waals surface area contributed by atoms with Crippen molar-refractivity contribution in [3.8, 4) is 0 Å². The molecule has 2 nitrogen and oxygen atoms in total. The summed E-state index contributed by atoms with van der Waals surface area (Å²) in [6.07, 6.45) is 4.33. The van der Waals surface area contributed by atoms with Crippen LogP contribution in [0.15, 0.2) is 0 Å². The Bertz CT molecular complexity index is 212. The van der Waals surface area contributed by atoms with Gasteiger partial charge in [-0.15, -0.1) is 0 Å². The summed E-state index contributed by atoms with van der Waals surface area (Å²) in [6.45, 7) is 10.9. The SMILES string of the molecule is CC1(C)CNCCN(CC2CCCCS2)C1. The summed E-state index contributed by atoms with van der Waals surface area (Å²) in [5.41, 5.74) is 0.440. The maximum atomic E-state index is 3.56. The van der Waals surface area contributed by atoms with Crippen LogP contribution in [0.2, 0.25) is 0 Å². The van der Waals surface area contributed by atoms with Crippen molar-refractivity contribution in [1.29, 1.82) is 0 Å². The lowest BCUT2D eigenvalue weighted by atomic mass is 9.93. The Morgan fingerprint density at radius 2 is 2.25 bits per heavy atom. The Hall–Kier alpha value is 0.270. The lowest BCUT2D eigenvalue weighted by molar-refractivity contribution is 0.205. The van der Waals surface area contributed by atoms with Crippen molar-refractivity contribution in [2.24, 2.45) is 5.41 Å². The predicted molar refractivity (Wildman–Crippen MR) is 73.2 cm³/mol. The second kappa shape index (κ2) is 5.74. The molecule has 1 unspecified atom stereocenters. The Balaban J connectivity index is 1.82. The molecule has 2 rings (SSSR count). The first-order chi connectivity index (χ1) is 7.66. The molecule has 0 bridgehead atoms. The summed E-state index contributed by atoms with van der Waals surface area (Å²) >= 11 is 2.20. The van der Waals surface area contributed by atoms with Gasteiger partial charge in [0, 0.05) is 38.0 Å². The van der Waals surface area contributed by atoms with Gasteiger partial charge in [-0.1, -0.05) is 20.3 Å². The van der Waals surface area contributed by atoms with Crippen LogP contribution in [-0.2, 0) is 0 Å². The molecule has 3 heteroatoms. The average molecular weight is 242 g/mol. The highest BCUT2D eigenvalue weighted by Gasteiger charge is 2.26. The van der Waals surface area contributed by atoms with E-state index in [0.717, 1.165) is 5.25 Å². The first-order valence-corrected chi connectivity index (χ1v) is 7.75. The van der Waals surface area contributed by atoms with Gasteiger partial charge in [0.2, 0.25) is 0 Å². The van der Waals surface area contributed by atoms with Crippen LogP contribution in [0.1, 0.15) is 33.1 Å². The number of thioether (sulfide) groups is 1. The molecule has 0 aromatic rings. The normalized spacial score (nSPS) is 32.2. The molecule has 0 amide bonds. The van der Waals surface area contributed by atoms with Gasteiger partial charge in [0.15, 0.2) is 0 Å². The average Bonchev–Trinajstić information content (AvgIpc) is 2.40. The maximum absolute atomic E-state index is 3.56.